The standard InChI is InChI=1S/C22H26N4O/c1-16-6-4-8-19(14-16)22-24-20(18(3)27-22)15-25-10-12-26(13-11-25)21-9-5-7-17(2)23-21/h4-9,14H,10-13,15H2,1-3H3. The van der Waals surface area contributed by atoms with Crippen LogP contribution < -0.4 is 4.90 Å². The van der Waals surface area contributed by atoms with Crippen molar-refractivity contribution in [2.75, 3.05) is 31.1 Å². The molecule has 0 N–H and O–H groups in total. The molecule has 0 bridgehead atoms. The summed E-state index contributed by atoms with van der Waals surface area (Å²) >= 11 is 0. The van der Waals surface area contributed by atoms with Crippen molar-refractivity contribution in [3.63, 3.8) is 0 Å². The minimum atomic E-state index is 0.716. The van der Waals surface area contributed by atoms with Crippen molar-refractivity contribution in [2.45, 2.75) is 27.3 Å². The molecule has 0 atom stereocenters. The molecular weight excluding hydrogens is 336 g/mol. The second-order valence-corrected chi connectivity index (χ2v) is 7.29. The van der Waals surface area contributed by atoms with Crippen LogP contribution in [0.4, 0.5) is 5.82 Å². The number of nitrogens with zero attached hydrogens (tertiary/aromatic N) is 4. The Hall–Kier alpha value is -2.66. The molecule has 1 fully saturated rings. The van der Waals surface area contributed by atoms with Gasteiger partial charge in [-0.15, -0.1) is 0 Å². The second kappa shape index (κ2) is 7.53. The molecule has 140 valence electrons. The number of hydrogen-bond acceptors (Lipinski definition) is 5. The van der Waals surface area contributed by atoms with Gasteiger partial charge in [0.2, 0.25) is 5.89 Å². The number of aryl methyl sites for hydroxylation is 3. The minimum absolute atomic E-state index is 0.716. The van der Waals surface area contributed by atoms with Gasteiger partial charge < -0.3 is 9.32 Å². The summed E-state index contributed by atoms with van der Waals surface area (Å²) in [5, 5.41) is 0. The summed E-state index contributed by atoms with van der Waals surface area (Å²) in [7, 11) is 0. The fraction of sp³-hybridized carbons (Fsp3) is 0.364. The van der Waals surface area contributed by atoms with Gasteiger partial charge in [-0.05, 0) is 45.0 Å². The first kappa shape index (κ1) is 17.7. The zero-order valence-corrected chi connectivity index (χ0v) is 16.3. The van der Waals surface area contributed by atoms with Crippen molar-refractivity contribution in [1.82, 2.24) is 14.9 Å². The van der Waals surface area contributed by atoms with Crippen molar-refractivity contribution in [3.8, 4) is 11.5 Å². The molecule has 0 unspecified atom stereocenters. The van der Waals surface area contributed by atoms with Gasteiger partial charge in [0.15, 0.2) is 0 Å². The van der Waals surface area contributed by atoms with E-state index in [4.69, 9.17) is 9.40 Å². The van der Waals surface area contributed by atoms with Gasteiger partial charge in [0.05, 0.1) is 5.69 Å². The summed E-state index contributed by atoms with van der Waals surface area (Å²) in [4.78, 5) is 14.2. The number of pyridine rings is 1. The van der Waals surface area contributed by atoms with E-state index >= 15 is 0 Å². The lowest BCUT2D eigenvalue weighted by Gasteiger charge is -2.35. The van der Waals surface area contributed by atoms with Gasteiger partial charge in [-0.1, -0.05) is 23.8 Å². The highest BCUT2D eigenvalue weighted by Gasteiger charge is 2.21. The first-order valence-corrected chi connectivity index (χ1v) is 9.53. The average molecular weight is 362 g/mol. The molecule has 0 amide bonds. The van der Waals surface area contributed by atoms with Crippen molar-refractivity contribution in [3.05, 3.63) is 65.2 Å². The molecule has 0 radical (unpaired) electrons. The van der Waals surface area contributed by atoms with E-state index in [1.807, 2.05) is 26.0 Å². The molecule has 0 spiro atoms. The van der Waals surface area contributed by atoms with Crippen LogP contribution in [0.2, 0.25) is 0 Å². The smallest absolute Gasteiger partial charge is 0.226 e. The van der Waals surface area contributed by atoms with Crippen LogP contribution in [0.25, 0.3) is 11.5 Å². The van der Waals surface area contributed by atoms with E-state index in [0.29, 0.717) is 5.89 Å². The van der Waals surface area contributed by atoms with Crippen LogP contribution in [0.15, 0.2) is 46.9 Å². The zero-order chi connectivity index (χ0) is 18.8. The maximum absolute atomic E-state index is 5.94. The fourth-order valence-electron chi connectivity index (χ4n) is 3.53. The van der Waals surface area contributed by atoms with E-state index < -0.39 is 0 Å². The Labute approximate surface area is 160 Å². The fourth-order valence-corrected chi connectivity index (χ4v) is 3.53. The Morgan fingerprint density at radius 2 is 1.70 bits per heavy atom. The molecule has 5 heteroatoms. The maximum Gasteiger partial charge on any atom is 0.226 e. The summed E-state index contributed by atoms with van der Waals surface area (Å²) < 4.78 is 5.94. The number of piperazine rings is 1. The van der Waals surface area contributed by atoms with Crippen LogP contribution in [-0.4, -0.2) is 41.0 Å². The molecule has 1 aliphatic rings. The monoisotopic (exact) mass is 362 g/mol. The summed E-state index contributed by atoms with van der Waals surface area (Å²) in [5.41, 5.74) is 4.36. The van der Waals surface area contributed by atoms with Gasteiger partial charge in [0, 0.05) is 44.0 Å². The number of oxazole rings is 1. The van der Waals surface area contributed by atoms with Gasteiger partial charge in [0.1, 0.15) is 11.6 Å². The molecule has 0 saturated carbocycles. The van der Waals surface area contributed by atoms with E-state index in [1.165, 1.54) is 5.56 Å². The Kier molecular flexibility index (Phi) is 4.94. The summed E-state index contributed by atoms with van der Waals surface area (Å²) in [5.74, 6) is 2.71. The van der Waals surface area contributed by atoms with Crippen LogP contribution in [0.1, 0.15) is 22.7 Å². The molecule has 27 heavy (non-hydrogen) atoms. The summed E-state index contributed by atoms with van der Waals surface area (Å²) in [6, 6.07) is 14.5. The molecule has 1 saturated heterocycles. The van der Waals surface area contributed by atoms with Crippen LogP contribution in [0.5, 0.6) is 0 Å². The maximum atomic E-state index is 5.94. The topological polar surface area (TPSA) is 45.4 Å². The SMILES string of the molecule is Cc1cccc(-c2nc(CN3CCN(c4cccc(C)n4)CC3)c(C)o2)c1. The van der Waals surface area contributed by atoms with Crippen molar-refractivity contribution in [1.29, 1.82) is 0 Å². The van der Waals surface area contributed by atoms with Crippen LogP contribution in [-0.2, 0) is 6.54 Å². The largest absolute Gasteiger partial charge is 0.441 e. The third-order valence-electron chi connectivity index (χ3n) is 5.10. The first-order chi connectivity index (χ1) is 13.1. The normalized spacial score (nSPS) is 15.3. The number of anilines is 1. The van der Waals surface area contributed by atoms with Gasteiger partial charge in [0.25, 0.3) is 0 Å². The number of rotatable bonds is 4. The van der Waals surface area contributed by atoms with Gasteiger partial charge in [-0.25, -0.2) is 9.97 Å². The van der Waals surface area contributed by atoms with Crippen LogP contribution in [0, 0.1) is 20.8 Å². The third kappa shape index (κ3) is 4.03. The lowest BCUT2D eigenvalue weighted by molar-refractivity contribution is 0.245. The van der Waals surface area contributed by atoms with Crippen molar-refractivity contribution >= 4 is 5.82 Å². The molecule has 3 heterocycles. The molecule has 0 aliphatic carbocycles. The Balaban J connectivity index is 1.41. The van der Waals surface area contributed by atoms with E-state index in [1.54, 1.807) is 0 Å². The highest BCUT2D eigenvalue weighted by molar-refractivity contribution is 5.54. The van der Waals surface area contributed by atoms with Crippen LogP contribution in [0.3, 0.4) is 0 Å². The number of benzene rings is 1. The highest BCUT2D eigenvalue weighted by Crippen LogP contribution is 2.24. The number of hydrogen-bond donors (Lipinski definition) is 0. The molecule has 3 aromatic rings. The summed E-state index contributed by atoms with van der Waals surface area (Å²) in [6.45, 7) is 10.9. The molecule has 1 aliphatic heterocycles. The van der Waals surface area contributed by atoms with E-state index in [2.05, 4.69) is 52.0 Å². The van der Waals surface area contributed by atoms with Crippen molar-refractivity contribution in [2.24, 2.45) is 0 Å². The Bertz CT molecular complexity index is 926. The van der Waals surface area contributed by atoms with Gasteiger partial charge in [-0.3, -0.25) is 4.90 Å². The molecule has 2 aromatic heterocycles. The second-order valence-electron chi connectivity index (χ2n) is 7.29. The first-order valence-electron chi connectivity index (χ1n) is 9.53. The van der Waals surface area contributed by atoms with Crippen molar-refractivity contribution < 1.29 is 4.42 Å². The highest BCUT2D eigenvalue weighted by atomic mass is 16.4. The lowest BCUT2D eigenvalue weighted by atomic mass is 10.1. The van der Waals surface area contributed by atoms with E-state index in [-0.39, 0.29) is 0 Å². The number of aromatic nitrogens is 2. The van der Waals surface area contributed by atoms with E-state index in [9.17, 15) is 0 Å². The summed E-state index contributed by atoms with van der Waals surface area (Å²) in [6.07, 6.45) is 0. The molecular formula is C22H26N4O. The Morgan fingerprint density at radius 3 is 2.44 bits per heavy atom. The quantitative estimate of drug-likeness (QED) is 0.702. The lowest BCUT2D eigenvalue weighted by Crippen LogP contribution is -2.46. The van der Waals surface area contributed by atoms with Crippen LogP contribution >= 0.6 is 0 Å². The molecule has 4 rings (SSSR count). The average Bonchev–Trinajstić information content (AvgIpc) is 3.03. The van der Waals surface area contributed by atoms with E-state index in [0.717, 1.165) is 61.3 Å². The van der Waals surface area contributed by atoms with Gasteiger partial charge in [-0.2, -0.15) is 0 Å². The Morgan fingerprint density at radius 1 is 0.926 bits per heavy atom. The minimum Gasteiger partial charge on any atom is -0.441 e. The molecule has 1 aromatic carbocycles. The molecule has 5 nitrogen and oxygen atoms in total. The predicted octanol–water partition coefficient (Wildman–Crippen LogP) is 3.98. The predicted molar refractivity (Wildman–Crippen MR) is 108 cm³/mol. The van der Waals surface area contributed by atoms with Gasteiger partial charge >= 0.3 is 0 Å². The third-order valence-corrected chi connectivity index (χ3v) is 5.10. The zero-order valence-electron chi connectivity index (χ0n) is 16.3.